The summed E-state index contributed by atoms with van der Waals surface area (Å²) in [6.45, 7) is 7.43. The second kappa shape index (κ2) is 5.94. The van der Waals surface area contributed by atoms with Gasteiger partial charge in [-0.2, -0.15) is 0 Å². The largest absolute Gasteiger partial charge is 0.378 e. The summed E-state index contributed by atoms with van der Waals surface area (Å²) in [5, 5.41) is 2.96. The Hall–Kier alpha value is -1.39. The highest BCUT2D eigenvalue weighted by Crippen LogP contribution is 2.25. The number of ether oxygens (including phenoxy) is 1. The van der Waals surface area contributed by atoms with Gasteiger partial charge in [0.25, 0.3) is 0 Å². The number of hydrogen-bond donors (Lipinski definition) is 2. The minimum Gasteiger partial charge on any atom is -0.378 e. The molecule has 2 unspecified atom stereocenters. The summed E-state index contributed by atoms with van der Waals surface area (Å²) >= 11 is 0. The molecule has 2 atom stereocenters. The maximum Gasteiger partial charge on any atom is 0.230 e. The van der Waals surface area contributed by atoms with E-state index in [0.717, 1.165) is 12.1 Å². The Morgan fingerprint density at radius 1 is 1.40 bits per heavy atom. The van der Waals surface area contributed by atoms with Crippen molar-refractivity contribution in [1.29, 1.82) is 0 Å². The molecular formula is C16H24N2O2. The van der Waals surface area contributed by atoms with Gasteiger partial charge < -0.3 is 15.8 Å². The highest BCUT2D eigenvalue weighted by Gasteiger charge is 2.30. The molecule has 110 valence electrons. The number of hydrogen-bond acceptors (Lipinski definition) is 3. The summed E-state index contributed by atoms with van der Waals surface area (Å²) in [5.41, 5.74) is 7.73. The lowest BCUT2D eigenvalue weighted by molar-refractivity contribution is -0.121. The van der Waals surface area contributed by atoms with Crippen LogP contribution >= 0.6 is 0 Å². The minimum atomic E-state index is -0.0461. The van der Waals surface area contributed by atoms with E-state index >= 15 is 0 Å². The number of carbonyl (C=O) groups excluding carboxylic acids is 1. The third-order valence-corrected chi connectivity index (χ3v) is 4.16. The van der Waals surface area contributed by atoms with E-state index in [4.69, 9.17) is 10.5 Å². The predicted octanol–water partition coefficient (Wildman–Crippen LogP) is 2.29. The van der Waals surface area contributed by atoms with Crippen LogP contribution in [-0.2, 0) is 14.9 Å². The first kappa shape index (κ1) is 15.0. The molecule has 3 N–H and O–H groups in total. The molecule has 4 nitrogen and oxygen atoms in total. The molecule has 1 aliphatic rings. The number of rotatable bonds is 4. The van der Waals surface area contributed by atoms with Gasteiger partial charge in [-0.1, -0.05) is 26.0 Å². The van der Waals surface area contributed by atoms with E-state index < -0.39 is 0 Å². The quantitative estimate of drug-likeness (QED) is 0.886. The smallest absolute Gasteiger partial charge is 0.230 e. The summed E-state index contributed by atoms with van der Waals surface area (Å²) in [7, 11) is 0. The van der Waals surface area contributed by atoms with Crippen molar-refractivity contribution in [3.63, 3.8) is 0 Å². The van der Waals surface area contributed by atoms with Gasteiger partial charge in [0.2, 0.25) is 5.91 Å². The first-order valence-corrected chi connectivity index (χ1v) is 7.17. The Kier molecular flexibility index (Phi) is 4.45. The molecule has 0 saturated carbocycles. The lowest BCUT2D eigenvalue weighted by atomic mass is 9.85. The number of amides is 1. The molecule has 20 heavy (non-hydrogen) atoms. The van der Waals surface area contributed by atoms with Crippen molar-refractivity contribution in [1.82, 2.24) is 0 Å². The van der Waals surface area contributed by atoms with Gasteiger partial charge in [-0.05, 0) is 31.0 Å². The standard InChI is InChI=1S/C16H24N2O2/c1-11-14(8-9-20-11)15(19)18-13-6-4-12(5-7-13)16(2,3)10-17/h4-7,11,14H,8-10,17H2,1-3H3,(H,18,19). The van der Waals surface area contributed by atoms with E-state index in [9.17, 15) is 4.79 Å². The monoisotopic (exact) mass is 276 g/mol. The summed E-state index contributed by atoms with van der Waals surface area (Å²) in [4.78, 5) is 12.2. The van der Waals surface area contributed by atoms with Gasteiger partial charge in [-0.15, -0.1) is 0 Å². The second-order valence-electron chi connectivity index (χ2n) is 6.13. The summed E-state index contributed by atoms with van der Waals surface area (Å²) < 4.78 is 5.43. The molecule has 1 aliphatic heterocycles. The number of nitrogens with two attached hydrogens (primary N) is 1. The van der Waals surface area contributed by atoms with Crippen LogP contribution in [0.25, 0.3) is 0 Å². The molecule has 2 rings (SSSR count). The van der Waals surface area contributed by atoms with Gasteiger partial charge in [0.1, 0.15) is 0 Å². The van der Waals surface area contributed by atoms with Gasteiger partial charge in [-0.25, -0.2) is 0 Å². The van der Waals surface area contributed by atoms with Crippen LogP contribution in [0, 0.1) is 5.92 Å². The maximum absolute atomic E-state index is 12.2. The van der Waals surface area contributed by atoms with Crippen LogP contribution in [0.4, 0.5) is 5.69 Å². The molecule has 1 heterocycles. The molecule has 1 fully saturated rings. The summed E-state index contributed by atoms with van der Waals surface area (Å²) in [5.74, 6) is -0.00371. The van der Waals surface area contributed by atoms with E-state index in [1.165, 1.54) is 5.56 Å². The van der Waals surface area contributed by atoms with Crippen molar-refractivity contribution in [2.24, 2.45) is 11.7 Å². The normalized spacial score (nSPS) is 22.8. The molecule has 0 spiro atoms. The Labute approximate surface area is 120 Å². The first-order chi connectivity index (χ1) is 9.44. The molecule has 1 aromatic rings. The SMILES string of the molecule is CC1OCCC1C(=O)Nc1ccc(C(C)(C)CN)cc1. The number of carbonyl (C=O) groups is 1. The predicted molar refractivity (Wildman–Crippen MR) is 80.7 cm³/mol. The van der Waals surface area contributed by atoms with E-state index in [0.29, 0.717) is 13.2 Å². The third kappa shape index (κ3) is 3.19. The summed E-state index contributed by atoms with van der Waals surface area (Å²) in [6.07, 6.45) is 0.802. The lowest BCUT2D eigenvalue weighted by Gasteiger charge is -2.23. The Balaban J connectivity index is 2.02. The lowest BCUT2D eigenvalue weighted by Crippen LogP contribution is -2.29. The van der Waals surface area contributed by atoms with Crippen LogP contribution in [0.15, 0.2) is 24.3 Å². The molecule has 0 aliphatic carbocycles. The number of nitrogens with one attached hydrogen (secondary N) is 1. The summed E-state index contributed by atoms with van der Waals surface area (Å²) in [6, 6.07) is 7.92. The zero-order valence-electron chi connectivity index (χ0n) is 12.5. The second-order valence-corrected chi connectivity index (χ2v) is 6.13. The van der Waals surface area contributed by atoms with Crippen molar-refractivity contribution in [3.8, 4) is 0 Å². The zero-order chi connectivity index (χ0) is 14.8. The molecule has 0 radical (unpaired) electrons. The highest BCUT2D eigenvalue weighted by atomic mass is 16.5. The van der Waals surface area contributed by atoms with E-state index in [2.05, 4.69) is 19.2 Å². The molecule has 0 bridgehead atoms. The highest BCUT2D eigenvalue weighted by molar-refractivity contribution is 5.93. The number of anilines is 1. The Morgan fingerprint density at radius 3 is 2.55 bits per heavy atom. The van der Waals surface area contributed by atoms with Crippen LogP contribution < -0.4 is 11.1 Å². The van der Waals surface area contributed by atoms with Gasteiger partial charge in [0.15, 0.2) is 0 Å². The molecule has 1 amide bonds. The average molecular weight is 276 g/mol. The van der Waals surface area contributed by atoms with Crippen LogP contribution in [0.2, 0.25) is 0 Å². The van der Waals surface area contributed by atoms with Crippen molar-refractivity contribution >= 4 is 11.6 Å². The van der Waals surface area contributed by atoms with Crippen LogP contribution in [-0.4, -0.2) is 25.2 Å². The van der Waals surface area contributed by atoms with Crippen molar-refractivity contribution < 1.29 is 9.53 Å². The van der Waals surface area contributed by atoms with Crippen molar-refractivity contribution in [3.05, 3.63) is 29.8 Å². The fourth-order valence-corrected chi connectivity index (χ4v) is 2.43. The van der Waals surface area contributed by atoms with Crippen LogP contribution in [0.1, 0.15) is 32.8 Å². The third-order valence-electron chi connectivity index (χ3n) is 4.16. The first-order valence-electron chi connectivity index (χ1n) is 7.17. The van der Waals surface area contributed by atoms with E-state index in [-0.39, 0.29) is 23.3 Å². The Bertz CT molecular complexity index is 468. The molecule has 1 aromatic carbocycles. The average Bonchev–Trinajstić information content (AvgIpc) is 2.85. The molecular weight excluding hydrogens is 252 g/mol. The van der Waals surface area contributed by atoms with Gasteiger partial charge in [-0.3, -0.25) is 4.79 Å². The topological polar surface area (TPSA) is 64.3 Å². The van der Waals surface area contributed by atoms with Gasteiger partial charge in [0.05, 0.1) is 12.0 Å². The molecule has 1 saturated heterocycles. The van der Waals surface area contributed by atoms with Crippen LogP contribution in [0.3, 0.4) is 0 Å². The zero-order valence-corrected chi connectivity index (χ0v) is 12.5. The maximum atomic E-state index is 12.2. The van der Waals surface area contributed by atoms with Crippen molar-refractivity contribution in [2.45, 2.75) is 38.7 Å². The van der Waals surface area contributed by atoms with E-state index in [1.807, 2.05) is 31.2 Å². The van der Waals surface area contributed by atoms with Gasteiger partial charge in [0, 0.05) is 24.3 Å². The van der Waals surface area contributed by atoms with Gasteiger partial charge >= 0.3 is 0 Å². The van der Waals surface area contributed by atoms with Crippen LogP contribution in [0.5, 0.6) is 0 Å². The van der Waals surface area contributed by atoms with Crippen molar-refractivity contribution in [2.75, 3.05) is 18.5 Å². The molecule has 0 aromatic heterocycles. The fraction of sp³-hybridized carbons (Fsp3) is 0.562. The minimum absolute atomic E-state index is 0.00504. The fourth-order valence-electron chi connectivity index (χ4n) is 2.43. The van der Waals surface area contributed by atoms with E-state index in [1.54, 1.807) is 0 Å². The molecule has 4 heteroatoms. The number of benzene rings is 1. The Morgan fingerprint density at radius 2 is 2.05 bits per heavy atom.